The molecule has 0 aliphatic carbocycles. The summed E-state index contributed by atoms with van der Waals surface area (Å²) in [5.41, 5.74) is 4.71. The van der Waals surface area contributed by atoms with Crippen LogP contribution in [0.5, 0.6) is 0 Å². The maximum atomic E-state index is 13.3. The molecule has 0 amide bonds. The van der Waals surface area contributed by atoms with Gasteiger partial charge in [0, 0.05) is 0 Å². The lowest BCUT2D eigenvalue weighted by Crippen LogP contribution is -2.13. The summed E-state index contributed by atoms with van der Waals surface area (Å²) in [6, 6.07) is 1.88. The molecule has 0 spiro atoms. The minimum Gasteiger partial charge on any atom is -0.320 e. The number of hydrogen-bond donors (Lipinski definition) is 1. The predicted molar refractivity (Wildman–Crippen MR) is 57.3 cm³/mol. The molecule has 0 fully saturated rings. The molecule has 2 rings (SSSR count). The monoisotopic (exact) mass is 277 g/mol. The quantitative estimate of drug-likeness (QED) is 0.859. The first-order chi connectivity index (χ1) is 8.39. The van der Waals surface area contributed by atoms with Gasteiger partial charge in [-0.2, -0.15) is 13.2 Å². The molecular weight excluding hydrogens is 270 g/mol. The number of rotatable bonds is 2. The van der Waals surface area contributed by atoms with Crippen LogP contribution in [-0.4, -0.2) is 9.59 Å². The smallest absolute Gasteiger partial charge is 0.320 e. The van der Waals surface area contributed by atoms with E-state index in [9.17, 15) is 17.6 Å². The third-order valence-electron chi connectivity index (χ3n) is 2.34. The molecule has 8 heteroatoms. The second-order valence-corrected chi connectivity index (χ2v) is 4.35. The Balaban J connectivity index is 2.35. The largest absolute Gasteiger partial charge is 0.419 e. The number of hydrogen-bond acceptors (Lipinski definition) is 4. The summed E-state index contributed by atoms with van der Waals surface area (Å²) in [7, 11) is 0. The van der Waals surface area contributed by atoms with E-state index in [0.717, 1.165) is 23.7 Å². The van der Waals surface area contributed by atoms with Gasteiger partial charge in [-0.3, -0.25) is 0 Å². The van der Waals surface area contributed by atoms with Gasteiger partial charge in [-0.15, -0.1) is 5.10 Å². The summed E-state index contributed by atoms with van der Waals surface area (Å²) in [5.74, 6) is -1.34. The lowest BCUT2D eigenvalue weighted by atomic mass is 10.0. The Hall–Kier alpha value is -1.54. The molecule has 1 unspecified atom stereocenters. The summed E-state index contributed by atoms with van der Waals surface area (Å²) in [4.78, 5) is 0.550. The van der Waals surface area contributed by atoms with Crippen LogP contribution in [0, 0.1) is 5.82 Å². The van der Waals surface area contributed by atoms with E-state index in [1.54, 1.807) is 0 Å². The van der Waals surface area contributed by atoms with E-state index >= 15 is 0 Å². The minimum atomic E-state index is -4.71. The van der Waals surface area contributed by atoms with Crippen molar-refractivity contribution in [3.63, 3.8) is 0 Å². The van der Waals surface area contributed by atoms with Gasteiger partial charge in [-0.1, -0.05) is 10.6 Å². The maximum absolute atomic E-state index is 13.3. The molecule has 0 radical (unpaired) electrons. The van der Waals surface area contributed by atoms with Gasteiger partial charge in [0.15, 0.2) is 0 Å². The van der Waals surface area contributed by atoms with Crippen molar-refractivity contribution in [3.05, 3.63) is 46.2 Å². The van der Waals surface area contributed by atoms with E-state index in [2.05, 4.69) is 9.59 Å². The number of nitrogens with zero attached hydrogens (tertiary/aromatic N) is 2. The second kappa shape index (κ2) is 4.62. The predicted octanol–water partition coefficient (Wildman–Crippen LogP) is 2.74. The van der Waals surface area contributed by atoms with Crippen molar-refractivity contribution in [1.82, 2.24) is 9.59 Å². The first-order valence-electron chi connectivity index (χ1n) is 4.79. The lowest BCUT2D eigenvalue weighted by Gasteiger charge is -2.12. The van der Waals surface area contributed by atoms with E-state index in [0.29, 0.717) is 10.9 Å². The highest BCUT2D eigenvalue weighted by molar-refractivity contribution is 7.05. The van der Waals surface area contributed by atoms with Gasteiger partial charge in [0.1, 0.15) is 5.82 Å². The topological polar surface area (TPSA) is 51.8 Å². The molecular formula is C10H7F4N3S. The van der Waals surface area contributed by atoms with Crippen LogP contribution in [0.3, 0.4) is 0 Å². The van der Waals surface area contributed by atoms with Crippen molar-refractivity contribution in [2.75, 3.05) is 0 Å². The standard InChI is InChI=1S/C10H7F4N3S/c11-7-3-5(1-2-6(7)10(12,13)14)9(15)8-4-16-17-18-8/h1-4,9H,15H2. The summed E-state index contributed by atoms with van der Waals surface area (Å²) >= 11 is 1.01. The molecule has 2 aromatic rings. The average molecular weight is 277 g/mol. The van der Waals surface area contributed by atoms with Gasteiger partial charge in [-0.05, 0) is 29.2 Å². The molecule has 0 saturated heterocycles. The highest BCUT2D eigenvalue weighted by Gasteiger charge is 2.34. The molecule has 3 nitrogen and oxygen atoms in total. The van der Waals surface area contributed by atoms with Gasteiger partial charge in [-0.25, -0.2) is 4.39 Å². The first-order valence-corrected chi connectivity index (χ1v) is 5.56. The number of nitrogens with two attached hydrogens (primary N) is 1. The fourth-order valence-electron chi connectivity index (χ4n) is 1.43. The summed E-state index contributed by atoms with van der Waals surface area (Å²) in [6.07, 6.45) is -3.32. The number of aromatic nitrogens is 2. The zero-order valence-corrected chi connectivity index (χ0v) is 9.60. The van der Waals surface area contributed by atoms with E-state index in [1.807, 2.05) is 0 Å². The molecule has 0 saturated carbocycles. The van der Waals surface area contributed by atoms with Gasteiger partial charge in [0.2, 0.25) is 0 Å². The normalized spacial score (nSPS) is 13.6. The summed E-state index contributed by atoms with van der Waals surface area (Å²) in [5, 5.41) is 3.56. The molecule has 0 bridgehead atoms. The van der Waals surface area contributed by atoms with Gasteiger partial charge in [0.25, 0.3) is 0 Å². The Kier molecular flexibility index (Phi) is 3.31. The van der Waals surface area contributed by atoms with Crippen LogP contribution in [0.25, 0.3) is 0 Å². The third kappa shape index (κ3) is 2.49. The number of benzene rings is 1. The van der Waals surface area contributed by atoms with Crippen LogP contribution in [-0.2, 0) is 6.18 Å². The molecule has 1 aromatic carbocycles. The molecule has 2 N–H and O–H groups in total. The minimum absolute atomic E-state index is 0.242. The van der Waals surface area contributed by atoms with Crippen LogP contribution >= 0.6 is 11.5 Å². The molecule has 1 heterocycles. The van der Waals surface area contributed by atoms with Gasteiger partial charge < -0.3 is 5.73 Å². The fraction of sp³-hybridized carbons (Fsp3) is 0.200. The van der Waals surface area contributed by atoms with E-state index in [-0.39, 0.29) is 5.56 Å². The van der Waals surface area contributed by atoms with Crippen molar-refractivity contribution < 1.29 is 17.6 Å². The van der Waals surface area contributed by atoms with E-state index < -0.39 is 23.6 Å². The Labute approximate surface area is 103 Å². The first kappa shape index (κ1) is 12.9. The van der Waals surface area contributed by atoms with Crippen molar-refractivity contribution in [3.8, 4) is 0 Å². The number of halogens is 4. The zero-order chi connectivity index (χ0) is 13.3. The highest BCUT2D eigenvalue weighted by atomic mass is 32.1. The average Bonchev–Trinajstić information content (AvgIpc) is 2.79. The fourth-order valence-corrected chi connectivity index (χ4v) is 1.96. The molecule has 18 heavy (non-hydrogen) atoms. The molecule has 1 aromatic heterocycles. The highest BCUT2D eigenvalue weighted by Crippen LogP contribution is 2.33. The second-order valence-electron chi connectivity index (χ2n) is 3.53. The van der Waals surface area contributed by atoms with E-state index in [4.69, 9.17) is 5.73 Å². The SMILES string of the molecule is NC(c1ccc(C(F)(F)F)c(F)c1)c1cnns1. The van der Waals surface area contributed by atoms with Crippen LogP contribution in [0.2, 0.25) is 0 Å². The summed E-state index contributed by atoms with van der Waals surface area (Å²) in [6.45, 7) is 0. The Morgan fingerprint density at radius 1 is 1.28 bits per heavy atom. The molecule has 0 aliphatic heterocycles. The van der Waals surface area contributed by atoms with Crippen LogP contribution in [0.15, 0.2) is 24.4 Å². The Morgan fingerprint density at radius 3 is 2.50 bits per heavy atom. The molecule has 1 atom stereocenters. The summed E-state index contributed by atoms with van der Waals surface area (Å²) < 4.78 is 54.0. The molecule has 0 aliphatic rings. The Bertz CT molecular complexity index is 539. The van der Waals surface area contributed by atoms with Gasteiger partial charge >= 0.3 is 6.18 Å². The maximum Gasteiger partial charge on any atom is 0.419 e. The zero-order valence-electron chi connectivity index (χ0n) is 8.78. The van der Waals surface area contributed by atoms with Crippen molar-refractivity contribution in [2.24, 2.45) is 5.73 Å². The van der Waals surface area contributed by atoms with Crippen LogP contribution in [0.1, 0.15) is 22.0 Å². The number of alkyl halides is 3. The van der Waals surface area contributed by atoms with Crippen molar-refractivity contribution >= 4 is 11.5 Å². The Morgan fingerprint density at radius 2 is 2.00 bits per heavy atom. The van der Waals surface area contributed by atoms with Crippen LogP contribution < -0.4 is 5.73 Å². The van der Waals surface area contributed by atoms with Gasteiger partial charge in [0.05, 0.1) is 22.7 Å². The van der Waals surface area contributed by atoms with Crippen molar-refractivity contribution in [1.29, 1.82) is 0 Å². The third-order valence-corrected chi connectivity index (χ3v) is 3.09. The van der Waals surface area contributed by atoms with Crippen molar-refractivity contribution in [2.45, 2.75) is 12.2 Å². The van der Waals surface area contributed by atoms with E-state index in [1.165, 1.54) is 6.20 Å². The van der Waals surface area contributed by atoms with Crippen LogP contribution in [0.4, 0.5) is 17.6 Å². The lowest BCUT2D eigenvalue weighted by molar-refractivity contribution is -0.140. The molecule has 96 valence electrons.